The van der Waals surface area contributed by atoms with Gasteiger partial charge in [-0.2, -0.15) is 0 Å². The first kappa shape index (κ1) is 15.8. The first-order chi connectivity index (χ1) is 11.0. The summed E-state index contributed by atoms with van der Waals surface area (Å²) in [4.78, 5) is 11.9. The smallest absolute Gasteiger partial charge is 0.155 e. The monoisotopic (exact) mass is 320 g/mol. The Morgan fingerprint density at radius 2 is 2.00 bits per heavy atom. The van der Waals surface area contributed by atoms with E-state index in [0.717, 1.165) is 44.9 Å². The number of carbonyl (C=O) groups excluding carboxylic acids is 1. The molecule has 128 valence electrons. The van der Waals surface area contributed by atoms with Crippen LogP contribution in [0, 0.1) is 28.6 Å². The molecule has 0 unspecified atom stereocenters. The maximum Gasteiger partial charge on any atom is 0.155 e. The lowest BCUT2D eigenvalue weighted by Crippen LogP contribution is -2.52. The fraction of sp³-hybridized carbons (Fsp3) is 0.850. The van der Waals surface area contributed by atoms with Crippen molar-refractivity contribution in [3.8, 4) is 0 Å². The van der Waals surface area contributed by atoms with Crippen molar-refractivity contribution in [1.82, 2.24) is 0 Å². The highest BCUT2D eigenvalue weighted by Gasteiger charge is 2.59. The fourth-order valence-corrected chi connectivity index (χ4v) is 6.97. The lowest BCUT2D eigenvalue weighted by Gasteiger charge is -2.58. The van der Waals surface area contributed by atoms with Crippen molar-refractivity contribution in [3.63, 3.8) is 0 Å². The quantitative estimate of drug-likeness (QED) is 0.827. The normalized spacial score (nSPS) is 49.2. The number of aliphatic hydroxyl groups excluding tert-OH is 1. The van der Waals surface area contributed by atoms with E-state index in [-0.39, 0.29) is 29.4 Å². The molecule has 0 aliphatic heterocycles. The third-order valence-corrected chi connectivity index (χ3v) is 8.18. The summed E-state index contributed by atoms with van der Waals surface area (Å²) >= 11 is 0. The maximum atomic E-state index is 13.5. The van der Waals surface area contributed by atoms with Gasteiger partial charge in [-0.05, 0) is 86.0 Å². The van der Waals surface area contributed by atoms with Crippen LogP contribution in [-0.2, 0) is 4.79 Å². The molecule has 4 aliphatic carbocycles. The van der Waals surface area contributed by atoms with Crippen LogP contribution in [0.15, 0.2) is 11.6 Å². The van der Waals surface area contributed by atoms with Crippen LogP contribution in [0.1, 0.15) is 64.7 Å². The Morgan fingerprint density at radius 1 is 1.17 bits per heavy atom. The topological polar surface area (TPSA) is 37.3 Å². The van der Waals surface area contributed by atoms with Gasteiger partial charge in [0.05, 0.1) is 12.8 Å². The summed E-state index contributed by atoms with van der Waals surface area (Å²) in [5.41, 5.74) is 1.28. The van der Waals surface area contributed by atoms with Gasteiger partial charge in [-0.1, -0.05) is 12.5 Å². The highest BCUT2D eigenvalue weighted by atomic mass is 19.1. The lowest BCUT2D eigenvalue weighted by atomic mass is 9.46. The van der Waals surface area contributed by atoms with Gasteiger partial charge < -0.3 is 5.11 Å². The van der Waals surface area contributed by atoms with Crippen LogP contribution in [0.25, 0.3) is 0 Å². The van der Waals surface area contributed by atoms with Crippen LogP contribution in [0.2, 0.25) is 0 Å². The molecule has 0 bridgehead atoms. The van der Waals surface area contributed by atoms with Gasteiger partial charge >= 0.3 is 0 Å². The molecule has 0 saturated heterocycles. The van der Waals surface area contributed by atoms with E-state index in [1.807, 2.05) is 6.08 Å². The largest absolute Gasteiger partial charge is 0.393 e. The Kier molecular flexibility index (Phi) is 3.71. The Bertz CT molecular complexity index is 542. The number of rotatable bonds is 2. The van der Waals surface area contributed by atoms with Crippen molar-refractivity contribution in [1.29, 1.82) is 0 Å². The maximum absolute atomic E-state index is 13.5. The average molecular weight is 320 g/mol. The van der Waals surface area contributed by atoms with Crippen LogP contribution in [0.4, 0.5) is 4.39 Å². The molecule has 0 aromatic heterocycles. The minimum Gasteiger partial charge on any atom is -0.393 e. The predicted octanol–water partition coefficient (Wildman–Crippen LogP) is 4.22. The molecule has 4 aliphatic rings. The molecule has 3 saturated carbocycles. The predicted molar refractivity (Wildman–Crippen MR) is 87.6 cm³/mol. The van der Waals surface area contributed by atoms with E-state index < -0.39 is 0 Å². The molecule has 2 nitrogen and oxygen atoms in total. The van der Waals surface area contributed by atoms with Gasteiger partial charge in [0.1, 0.15) is 0 Å². The van der Waals surface area contributed by atoms with E-state index in [0.29, 0.717) is 30.6 Å². The van der Waals surface area contributed by atoms with Gasteiger partial charge in [-0.3, -0.25) is 9.18 Å². The molecule has 23 heavy (non-hydrogen) atoms. The van der Waals surface area contributed by atoms with E-state index in [4.69, 9.17) is 0 Å². The second-order valence-corrected chi connectivity index (χ2v) is 8.78. The second-order valence-electron chi connectivity index (χ2n) is 8.78. The van der Waals surface area contributed by atoms with Crippen molar-refractivity contribution in [2.75, 3.05) is 6.67 Å². The van der Waals surface area contributed by atoms with Gasteiger partial charge in [-0.15, -0.1) is 0 Å². The molecule has 6 atom stereocenters. The summed E-state index contributed by atoms with van der Waals surface area (Å²) in [6, 6.07) is 0. The van der Waals surface area contributed by atoms with Crippen molar-refractivity contribution >= 4 is 5.78 Å². The van der Waals surface area contributed by atoms with Crippen LogP contribution >= 0.6 is 0 Å². The summed E-state index contributed by atoms with van der Waals surface area (Å²) in [6.07, 6.45) is 10.1. The SMILES string of the molecule is C[C@]12CC[C@H]3[C@@H](CCC4=CC(=O)CC[C@@]43CCF)[C@@H]1CC[C@@H]2O. The summed E-state index contributed by atoms with van der Waals surface area (Å²) in [6.45, 7) is 2.00. The standard InChI is InChI=1S/C20H29FO2/c1-19-8-7-17-15(16(19)4-5-18(19)23)3-2-13-12-14(22)6-9-20(13,17)10-11-21/h12,15-18,23H,2-11H2,1H3/t15-,16-,17-,18-,19-,20+/m0/s1. The van der Waals surface area contributed by atoms with Crippen LogP contribution in [-0.4, -0.2) is 23.7 Å². The lowest BCUT2D eigenvalue weighted by molar-refractivity contribution is -0.118. The van der Waals surface area contributed by atoms with Crippen molar-refractivity contribution in [2.45, 2.75) is 70.8 Å². The zero-order valence-electron chi connectivity index (χ0n) is 14.2. The molecule has 3 heteroatoms. The third kappa shape index (κ3) is 2.11. The number of ketones is 1. The van der Waals surface area contributed by atoms with E-state index in [2.05, 4.69) is 6.92 Å². The van der Waals surface area contributed by atoms with Crippen LogP contribution < -0.4 is 0 Å². The number of hydrogen-bond acceptors (Lipinski definition) is 2. The van der Waals surface area contributed by atoms with Gasteiger partial charge in [0, 0.05) is 6.42 Å². The number of aliphatic hydroxyl groups is 1. The summed E-state index contributed by atoms with van der Waals surface area (Å²) in [7, 11) is 0. The molecule has 3 fully saturated rings. The Hall–Kier alpha value is -0.700. The van der Waals surface area contributed by atoms with E-state index in [9.17, 15) is 14.3 Å². The van der Waals surface area contributed by atoms with Crippen LogP contribution in [0.3, 0.4) is 0 Å². The Labute approximate surface area is 138 Å². The Morgan fingerprint density at radius 3 is 2.78 bits per heavy atom. The van der Waals surface area contributed by atoms with E-state index in [1.165, 1.54) is 5.57 Å². The molecule has 4 rings (SSSR count). The number of carbonyl (C=O) groups is 1. The zero-order valence-corrected chi connectivity index (χ0v) is 14.2. The molecule has 0 heterocycles. The molecule has 0 amide bonds. The van der Waals surface area contributed by atoms with Crippen molar-refractivity contribution < 1.29 is 14.3 Å². The molecule has 0 radical (unpaired) electrons. The third-order valence-electron chi connectivity index (χ3n) is 8.18. The fourth-order valence-electron chi connectivity index (χ4n) is 6.97. The second kappa shape index (κ2) is 5.40. The molecule has 0 spiro atoms. The molecule has 0 aromatic rings. The van der Waals surface area contributed by atoms with Gasteiger partial charge in [-0.25, -0.2) is 0 Å². The first-order valence-corrected chi connectivity index (χ1v) is 9.49. The average Bonchev–Trinajstić information content (AvgIpc) is 2.84. The summed E-state index contributed by atoms with van der Waals surface area (Å²) < 4.78 is 13.5. The van der Waals surface area contributed by atoms with E-state index in [1.54, 1.807) is 0 Å². The number of fused-ring (bicyclic) bond motifs is 5. The zero-order chi connectivity index (χ0) is 16.2. The van der Waals surface area contributed by atoms with Gasteiger partial charge in [0.25, 0.3) is 0 Å². The van der Waals surface area contributed by atoms with Crippen LogP contribution in [0.5, 0.6) is 0 Å². The van der Waals surface area contributed by atoms with Crippen molar-refractivity contribution in [2.24, 2.45) is 28.6 Å². The highest BCUT2D eigenvalue weighted by molar-refractivity contribution is 5.91. The molecular formula is C20H29FO2. The highest BCUT2D eigenvalue weighted by Crippen LogP contribution is 2.66. The van der Waals surface area contributed by atoms with Crippen molar-refractivity contribution in [3.05, 3.63) is 11.6 Å². The van der Waals surface area contributed by atoms with Gasteiger partial charge in [0.15, 0.2) is 5.78 Å². The first-order valence-electron chi connectivity index (χ1n) is 9.49. The molecule has 1 N–H and O–H groups in total. The number of alkyl halides is 1. The Balaban J connectivity index is 1.71. The van der Waals surface area contributed by atoms with Gasteiger partial charge in [0.2, 0.25) is 0 Å². The number of hydrogen-bond donors (Lipinski definition) is 1. The summed E-state index contributed by atoms with van der Waals surface area (Å²) in [5, 5.41) is 10.5. The number of halogens is 1. The minimum absolute atomic E-state index is 0.0551. The minimum atomic E-state index is -0.278. The summed E-state index contributed by atoms with van der Waals surface area (Å²) in [5.74, 6) is 1.97. The van der Waals surface area contributed by atoms with E-state index >= 15 is 0 Å². The molecule has 0 aromatic carbocycles. The number of allylic oxidation sites excluding steroid dienone is 1. The molecular weight excluding hydrogens is 291 g/mol.